The van der Waals surface area contributed by atoms with E-state index in [1.165, 1.54) is 0 Å². The number of piperidine rings is 1. The van der Waals surface area contributed by atoms with Crippen LogP contribution in [-0.4, -0.2) is 55.2 Å². The summed E-state index contributed by atoms with van der Waals surface area (Å²) in [5.74, 6) is 1.49. The highest BCUT2D eigenvalue weighted by Gasteiger charge is 2.22. The molecular formula is C22H28N4O2. The summed E-state index contributed by atoms with van der Waals surface area (Å²) in [6.45, 7) is 7.16. The number of rotatable bonds is 4. The van der Waals surface area contributed by atoms with E-state index in [1.54, 1.807) is 12.3 Å². The quantitative estimate of drug-likeness (QED) is 0.879. The number of hydrogen-bond acceptors (Lipinski definition) is 5. The smallest absolute Gasteiger partial charge is 0.254 e. The van der Waals surface area contributed by atoms with Crippen molar-refractivity contribution in [2.45, 2.75) is 19.8 Å². The number of nitrogens with zero attached hydrogens (tertiary/aromatic N) is 3. The van der Waals surface area contributed by atoms with Crippen LogP contribution in [0.5, 0.6) is 0 Å². The predicted octanol–water partition coefficient (Wildman–Crippen LogP) is 3.53. The first-order valence-corrected chi connectivity index (χ1v) is 10.1. The fourth-order valence-electron chi connectivity index (χ4n) is 3.82. The molecule has 0 saturated carbocycles. The number of pyridine rings is 1. The van der Waals surface area contributed by atoms with Crippen molar-refractivity contribution < 1.29 is 9.53 Å². The molecule has 2 aromatic rings. The van der Waals surface area contributed by atoms with E-state index in [9.17, 15) is 4.79 Å². The van der Waals surface area contributed by atoms with Crippen molar-refractivity contribution in [3.05, 3.63) is 48.2 Å². The van der Waals surface area contributed by atoms with Gasteiger partial charge in [-0.1, -0.05) is 19.1 Å². The Bertz CT molecular complexity index is 812. The summed E-state index contributed by atoms with van der Waals surface area (Å²) >= 11 is 0. The molecule has 1 aromatic carbocycles. The molecule has 2 aliphatic heterocycles. The van der Waals surface area contributed by atoms with Gasteiger partial charge in [-0.2, -0.15) is 0 Å². The fraction of sp³-hybridized carbons (Fsp3) is 0.455. The molecule has 0 bridgehead atoms. The molecule has 3 heterocycles. The molecule has 28 heavy (non-hydrogen) atoms. The molecule has 1 amide bonds. The van der Waals surface area contributed by atoms with E-state index in [4.69, 9.17) is 4.74 Å². The summed E-state index contributed by atoms with van der Waals surface area (Å²) < 4.78 is 5.47. The molecule has 4 rings (SSSR count). The zero-order chi connectivity index (χ0) is 19.3. The summed E-state index contributed by atoms with van der Waals surface area (Å²) in [5.41, 5.74) is 2.82. The highest BCUT2D eigenvalue weighted by Crippen LogP contribution is 2.29. The first kappa shape index (κ1) is 18.7. The van der Waals surface area contributed by atoms with Gasteiger partial charge in [0.15, 0.2) is 0 Å². The summed E-state index contributed by atoms with van der Waals surface area (Å²) in [7, 11) is 0. The second-order valence-electron chi connectivity index (χ2n) is 7.65. The van der Waals surface area contributed by atoms with Crippen LogP contribution in [0.1, 0.15) is 30.1 Å². The highest BCUT2D eigenvalue weighted by molar-refractivity contribution is 5.95. The largest absolute Gasteiger partial charge is 0.378 e. The monoisotopic (exact) mass is 380 g/mol. The lowest BCUT2D eigenvalue weighted by Gasteiger charge is -2.31. The van der Waals surface area contributed by atoms with Crippen molar-refractivity contribution >= 4 is 23.1 Å². The lowest BCUT2D eigenvalue weighted by Crippen LogP contribution is -2.37. The lowest BCUT2D eigenvalue weighted by atomic mass is 9.99. The van der Waals surface area contributed by atoms with Crippen LogP contribution in [0.4, 0.5) is 17.2 Å². The van der Waals surface area contributed by atoms with Crippen molar-refractivity contribution in [3.8, 4) is 0 Å². The van der Waals surface area contributed by atoms with Gasteiger partial charge in [0.25, 0.3) is 5.91 Å². The maximum Gasteiger partial charge on any atom is 0.254 e. The van der Waals surface area contributed by atoms with Crippen molar-refractivity contribution in [1.29, 1.82) is 0 Å². The van der Waals surface area contributed by atoms with Crippen LogP contribution >= 0.6 is 0 Å². The molecule has 2 aliphatic rings. The molecular weight excluding hydrogens is 352 g/mol. The zero-order valence-corrected chi connectivity index (χ0v) is 16.4. The number of anilines is 3. The standard InChI is InChI=1S/C22H28N4O2/c1-17-7-10-26(11-8-17)22(27)18-6-9-23-21(16-18)24-19-4-2-3-5-20(19)25-12-14-28-15-13-25/h2-6,9,16-17H,7-8,10-15H2,1H3,(H,23,24). The Morgan fingerprint density at radius 1 is 1.11 bits per heavy atom. The van der Waals surface area contributed by atoms with Crippen LogP contribution in [0.3, 0.4) is 0 Å². The zero-order valence-electron chi connectivity index (χ0n) is 16.4. The minimum atomic E-state index is 0.0961. The normalized spacial score (nSPS) is 18.2. The Morgan fingerprint density at radius 3 is 2.64 bits per heavy atom. The fourth-order valence-corrected chi connectivity index (χ4v) is 3.82. The van der Waals surface area contributed by atoms with Gasteiger partial charge in [-0.25, -0.2) is 4.98 Å². The Labute approximate surface area is 166 Å². The number of nitrogens with one attached hydrogen (secondary N) is 1. The topological polar surface area (TPSA) is 57.7 Å². The van der Waals surface area contributed by atoms with Gasteiger partial charge in [0.2, 0.25) is 0 Å². The minimum Gasteiger partial charge on any atom is -0.378 e. The molecule has 0 spiro atoms. The van der Waals surface area contributed by atoms with Gasteiger partial charge in [0, 0.05) is 37.9 Å². The molecule has 1 N–H and O–H groups in total. The molecule has 1 aromatic heterocycles. The first-order chi connectivity index (χ1) is 13.7. The van der Waals surface area contributed by atoms with E-state index in [1.807, 2.05) is 29.2 Å². The predicted molar refractivity (Wildman–Crippen MR) is 111 cm³/mol. The number of ether oxygens (including phenoxy) is 1. The van der Waals surface area contributed by atoms with Crippen LogP contribution in [0, 0.1) is 5.92 Å². The van der Waals surface area contributed by atoms with Gasteiger partial charge in [-0.15, -0.1) is 0 Å². The number of aromatic nitrogens is 1. The van der Waals surface area contributed by atoms with Crippen molar-refractivity contribution in [2.75, 3.05) is 49.6 Å². The first-order valence-electron chi connectivity index (χ1n) is 10.1. The van der Waals surface area contributed by atoms with E-state index >= 15 is 0 Å². The second-order valence-corrected chi connectivity index (χ2v) is 7.65. The van der Waals surface area contributed by atoms with Crippen LogP contribution in [-0.2, 0) is 4.74 Å². The molecule has 0 aliphatic carbocycles. The number of morpholine rings is 1. The number of hydrogen-bond donors (Lipinski definition) is 1. The number of amides is 1. The van der Waals surface area contributed by atoms with Gasteiger partial charge in [-0.05, 0) is 43.0 Å². The highest BCUT2D eigenvalue weighted by atomic mass is 16.5. The summed E-state index contributed by atoms with van der Waals surface area (Å²) in [6.07, 6.45) is 3.86. The maximum atomic E-state index is 12.9. The van der Waals surface area contributed by atoms with Crippen molar-refractivity contribution in [3.63, 3.8) is 0 Å². The van der Waals surface area contributed by atoms with E-state index < -0.39 is 0 Å². The van der Waals surface area contributed by atoms with Gasteiger partial charge in [0.05, 0.1) is 24.6 Å². The van der Waals surface area contributed by atoms with Gasteiger partial charge in [-0.3, -0.25) is 4.79 Å². The van der Waals surface area contributed by atoms with Crippen LogP contribution in [0.2, 0.25) is 0 Å². The molecule has 6 nitrogen and oxygen atoms in total. The Morgan fingerprint density at radius 2 is 1.86 bits per heavy atom. The average Bonchev–Trinajstić information content (AvgIpc) is 2.75. The SMILES string of the molecule is CC1CCN(C(=O)c2ccnc(Nc3ccccc3N3CCOCC3)c2)CC1. The third-order valence-electron chi connectivity index (χ3n) is 5.60. The maximum absolute atomic E-state index is 12.9. The average molecular weight is 380 g/mol. The van der Waals surface area contributed by atoms with E-state index in [-0.39, 0.29) is 5.91 Å². The van der Waals surface area contributed by atoms with Crippen molar-refractivity contribution in [1.82, 2.24) is 9.88 Å². The van der Waals surface area contributed by atoms with Crippen LogP contribution in [0.25, 0.3) is 0 Å². The lowest BCUT2D eigenvalue weighted by molar-refractivity contribution is 0.0697. The van der Waals surface area contributed by atoms with E-state index in [2.05, 4.69) is 28.2 Å². The summed E-state index contributed by atoms with van der Waals surface area (Å²) in [5, 5.41) is 3.41. The Hall–Kier alpha value is -2.60. The third-order valence-corrected chi connectivity index (χ3v) is 5.60. The molecule has 2 fully saturated rings. The van der Waals surface area contributed by atoms with Gasteiger partial charge < -0.3 is 19.9 Å². The molecule has 0 radical (unpaired) electrons. The molecule has 2 saturated heterocycles. The van der Waals surface area contributed by atoms with Crippen LogP contribution < -0.4 is 10.2 Å². The number of carbonyl (C=O) groups excluding carboxylic acids is 1. The van der Waals surface area contributed by atoms with E-state index in [0.29, 0.717) is 17.3 Å². The molecule has 0 unspecified atom stereocenters. The summed E-state index contributed by atoms with van der Waals surface area (Å²) in [6, 6.07) is 11.9. The van der Waals surface area contributed by atoms with E-state index in [0.717, 1.165) is 63.6 Å². The number of likely N-dealkylation sites (tertiary alicyclic amines) is 1. The number of benzene rings is 1. The minimum absolute atomic E-state index is 0.0961. The summed E-state index contributed by atoms with van der Waals surface area (Å²) in [4.78, 5) is 21.6. The molecule has 148 valence electrons. The number of carbonyl (C=O) groups is 1. The molecule has 0 atom stereocenters. The molecule has 6 heteroatoms. The Kier molecular flexibility index (Phi) is 5.76. The third kappa shape index (κ3) is 4.28. The van der Waals surface area contributed by atoms with Gasteiger partial charge >= 0.3 is 0 Å². The Balaban J connectivity index is 1.50. The second kappa shape index (κ2) is 8.61. The number of para-hydroxylation sites is 2. The van der Waals surface area contributed by atoms with Gasteiger partial charge in [0.1, 0.15) is 5.82 Å². The van der Waals surface area contributed by atoms with Crippen molar-refractivity contribution in [2.24, 2.45) is 5.92 Å². The van der Waals surface area contributed by atoms with Crippen LogP contribution in [0.15, 0.2) is 42.6 Å².